The normalized spacial score (nSPS) is 11.8. The molecule has 4 rings (SSSR count). The zero-order valence-corrected chi connectivity index (χ0v) is 23.1. The maximum atomic E-state index is 14.1. The molecule has 1 N–H and O–H groups in total. The molecule has 210 valence electrons. The highest BCUT2D eigenvalue weighted by Gasteiger charge is 2.34. The number of amides is 2. The van der Waals surface area contributed by atoms with Crippen LogP contribution in [0, 0.1) is 11.7 Å². The van der Waals surface area contributed by atoms with E-state index in [1.54, 1.807) is 24.3 Å². The van der Waals surface area contributed by atoms with Gasteiger partial charge in [-0.1, -0.05) is 37.3 Å². The molecule has 0 spiro atoms. The van der Waals surface area contributed by atoms with Gasteiger partial charge in [-0.15, -0.1) is 5.10 Å². The topological polar surface area (TPSA) is 98.6 Å². The lowest BCUT2D eigenvalue weighted by Gasteiger charge is -2.32. The van der Waals surface area contributed by atoms with Gasteiger partial charge >= 0.3 is 0 Å². The van der Waals surface area contributed by atoms with Gasteiger partial charge in [-0.3, -0.25) is 14.5 Å². The molecular formula is C30H34FN5O4. The number of carbonyl (C=O) groups is 2. The highest BCUT2D eigenvalue weighted by Crippen LogP contribution is 2.35. The minimum atomic E-state index is -1.09. The molecule has 0 radical (unpaired) electrons. The number of benzene rings is 3. The summed E-state index contributed by atoms with van der Waals surface area (Å²) in [6.07, 6.45) is 0.764. The standard InChI is InChI=1S/C30H34FN5O4/c1-5-40-26-15-10-21(18-27(26)39-4)29(30(38)32-17-16-20(2)3)36(23-13-11-22(31)12-14-23)28(37)19-35-25-9-7-6-8-24(25)33-34-35/h6-15,18,20,29H,5,16-17,19H2,1-4H3,(H,32,38). The number of methoxy groups -OCH3 is 1. The number of hydrogen-bond donors (Lipinski definition) is 1. The van der Waals surface area contributed by atoms with Crippen LogP contribution < -0.4 is 19.7 Å². The summed E-state index contributed by atoms with van der Waals surface area (Å²) in [5.41, 5.74) is 2.18. The molecule has 9 nitrogen and oxygen atoms in total. The van der Waals surface area contributed by atoms with Gasteiger partial charge in [-0.25, -0.2) is 9.07 Å². The van der Waals surface area contributed by atoms with Crippen LogP contribution in [0.2, 0.25) is 0 Å². The summed E-state index contributed by atoms with van der Waals surface area (Å²) in [5.74, 6) is 0.0421. The molecule has 0 aliphatic rings. The molecule has 1 aromatic heterocycles. The Morgan fingerprint density at radius 3 is 2.50 bits per heavy atom. The summed E-state index contributed by atoms with van der Waals surface area (Å²) in [7, 11) is 1.51. The lowest BCUT2D eigenvalue weighted by molar-refractivity contribution is -0.127. The van der Waals surface area contributed by atoms with Gasteiger partial charge in [0, 0.05) is 12.2 Å². The maximum absolute atomic E-state index is 14.1. The molecule has 4 aromatic rings. The molecule has 1 unspecified atom stereocenters. The maximum Gasteiger partial charge on any atom is 0.249 e. The average Bonchev–Trinajstić information content (AvgIpc) is 3.35. The van der Waals surface area contributed by atoms with E-state index in [0.717, 1.165) is 6.42 Å². The number of carbonyl (C=O) groups excluding carboxylic acids is 2. The quantitative estimate of drug-likeness (QED) is 0.271. The van der Waals surface area contributed by atoms with Crippen molar-refractivity contribution in [3.8, 4) is 11.5 Å². The van der Waals surface area contributed by atoms with Crippen molar-refractivity contribution in [3.63, 3.8) is 0 Å². The number of rotatable bonds is 12. The van der Waals surface area contributed by atoms with Crippen LogP contribution in [-0.2, 0) is 16.1 Å². The number of halogens is 1. The highest BCUT2D eigenvalue weighted by atomic mass is 19.1. The number of aromatic nitrogens is 3. The SMILES string of the molecule is CCOc1ccc(C(C(=O)NCCC(C)C)N(C(=O)Cn2nnc3ccccc32)c2ccc(F)cc2)cc1OC. The zero-order chi connectivity index (χ0) is 28.6. The minimum Gasteiger partial charge on any atom is -0.493 e. The summed E-state index contributed by atoms with van der Waals surface area (Å²) in [6, 6.07) is 16.8. The van der Waals surface area contributed by atoms with Crippen molar-refractivity contribution in [2.75, 3.05) is 25.2 Å². The molecular weight excluding hydrogens is 513 g/mol. The van der Waals surface area contributed by atoms with E-state index >= 15 is 0 Å². The van der Waals surface area contributed by atoms with Crippen LogP contribution in [0.1, 0.15) is 38.8 Å². The molecule has 2 amide bonds. The number of ether oxygens (including phenoxy) is 2. The first-order valence-electron chi connectivity index (χ1n) is 13.3. The van der Waals surface area contributed by atoms with Crippen molar-refractivity contribution in [1.29, 1.82) is 0 Å². The van der Waals surface area contributed by atoms with Crippen LogP contribution in [0.5, 0.6) is 11.5 Å². The van der Waals surface area contributed by atoms with E-state index in [-0.39, 0.29) is 12.5 Å². The molecule has 10 heteroatoms. The Bertz CT molecular complexity index is 1450. The Hall–Kier alpha value is -4.47. The summed E-state index contributed by atoms with van der Waals surface area (Å²) in [6.45, 7) is 6.67. The fraction of sp³-hybridized carbons (Fsp3) is 0.333. The number of anilines is 1. The Labute approximate surface area is 232 Å². The molecule has 0 fully saturated rings. The largest absolute Gasteiger partial charge is 0.493 e. The third-order valence-electron chi connectivity index (χ3n) is 6.41. The van der Waals surface area contributed by atoms with Crippen LogP contribution in [-0.4, -0.2) is 47.1 Å². The van der Waals surface area contributed by atoms with E-state index in [0.29, 0.717) is 52.9 Å². The second kappa shape index (κ2) is 13.1. The summed E-state index contributed by atoms with van der Waals surface area (Å²) < 4.78 is 26.6. The molecule has 0 aliphatic heterocycles. The lowest BCUT2D eigenvalue weighted by atomic mass is 10.0. The fourth-order valence-corrected chi connectivity index (χ4v) is 4.40. The van der Waals surface area contributed by atoms with Crippen LogP contribution in [0.15, 0.2) is 66.7 Å². The fourth-order valence-electron chi connectivity index (χ4n) is 4.40. The van der Waals surface area contributed by atoms with Gasteiger partial charge in [0.15, 0.2) is 11.5 Å². The van der Waals surface area contributed by atoms with Gasteiger partial charge < -0.3 is 14.8 Å². The summed E-state index contributed by atoms with van der Waals surface area (Å²) in [4.78, 5) is 29.3. The first kappa shape index (κ1) is 28.5. The van der Waals surface area contributed by atoms with Crippen LogP contribution in [0.25, 0.3) is 11.0 Å². The summed E-state index contributed by atoms with van der Waals surface area (Å²) >= 11 is 0. The van der Waals surface area contributed by atoms with E-state index in [1.807, 2.05) is 25.1 Å². The van der Waals surface area contributed by atoms with Gasteiger partial charge in [-0.05, 0) is 73.4 Å². The Balaban J connectivity index is 1.80. The molecule has 0 aliphatic carbocycles. The van der Waals surface area contributed by atoms with Crippen molar-refractivity contribution in [2.45, 2.75) is 39.8 Å². The second-order valence-electron chi connectivity index (χ2n) is 9.70. The van der Waals surface area contributed by atoms with Gasteiger partial charge in [0.2, 0.25) is 11.8 Å². The monoisotopic (exact) mass is 547 g/mol. The predicted molar refractivity (Wildman–Crippen MR) is 151 cm³/mol. The minimum absolute atomic E-state index is 0.193. The van der Waals surface area contributed by atoms with Gasteiger partial charge in [0.25, 0.3) is 0 Å². The van der Waals surface area contributed by atoms with Gasteiger partial charge in [0.1, 0.15) is 23.9 Å². The zero-order valence-electron chi connectivity index (χ0n) is 23.1. The number of fused-ring (bicyclic) bond motifs is 1. The first-order valence-corrected chi connectivity index (χ1v) is 13.3. The lowest BCUT2D eigenvalue weighted by Crippen LogP contribution is -2.45. The van der Waals surface area contributed by atoms with Crippen LogP contribution >= 0.6 is 0 Å². The molecule has 1 atom stereocenters. The van der Waals surface area contributed by atoms with E-state index in [2.05, 4.69) is 29.5 Å². The van der Waals surface area contributed by atoms with Gasteiger partial charge in [0.05, 0.1) is 19.2 Å². The molecule has 0 bridgehead atoms. The second-order valence-corrected chi connectivity index (χ2v) is 9.70. The Morgan fingerprint density at radius 1 is 1.05 bits per heavy atom. The third-order valence-corrected chi connectivity index (χ3v) is 6.41. The smallest absolute Gasteiger partial charge is 0.249 e. The molecule has 40 heavy (non-hydrogen) atoms. The number of para-hydroxylation sites is 1. The van der Waals surface area contributed by atoms with Crippen molar-refractivity contribution >= 4 is 28.5 Å². The van der Waals surface area contributed by atoms with Crippen molar-refractivity contribution in [1.82, 2.24) is 20.3 Å². The predicted octanol–water partition coefficient (Wildman–Crippen LogP) is 4.91. The number of nitrogens with zero attached hydrogens (tertiary/aromatic N) is 4. The number of nitrogens with one attached hydrogen (secondary N) is 1. The number of hydrogen-bond acceptors (Lipinski definition) is 6. The summed E-state index contributed by atoms with van der Waals surface area (Å²) in [5, 5.41) is 11.3. The molecule has 0 saturated heterocycles. The Morgan fingerprint density at radius 2 is 1.80 bits per heavy atom. The molecule has 3 aromatic carbocycles. The van der Waals surface area contributed by atoms with E-state index in [4.69, 9.17) is 9.47 Å². The van der Waals surface area contributed by atoms with Crippen LogP contribution in [0.3, 0.4) is 0 Å². The molecule has 0 saturated carbocycles. The van der Waals surface area contributed by atoms with Crippen molar-refractivity contribution < 1.29 is 23.5 Å². The molecule has 1 heterocycles. The van der Waals surface area contributed by atoms with Crippen molar-refractivity contribution in [2.24, 2.45) is 5.92 Å². The third kappa shape index (κ3) is 6.56. The van der Waals surface area contributed by atoms with E-state index in [9.17, 15) is 14.0 Å². The Kier molecular flexibility index (Phi) is 9.31. The van der Waals surface area contributed by atoms with E-state index < -0.39 is 17.8 Å². The van der Waals surface area contributed by atoms with Crippen LogP contribution in [0.4, 0.5) is 10.1 Å². The van der Waals surface area contributed by atoms with Crippen molar-refractivity contribution in [3.05, 3.63) is 78.1 Å². The average molecular weight is 548 g/mol. The van der Waals surface area contributed by atoms with E-state index in [1.165, 1.54) is 41.0 Å². The highest BCUT2D eigenvalue weighted by molar-refractivity contribution is 6.01. The first-order chi connectivity index (χ1) is 19.3. The van der Waals surface area contributed by atoms with Gasteiger partial charge in [-0.2, -0.15) is 0 Å².